The van der Waals surface area contributed by atoms with Gasteiger partial charge in [-0.1, -0.05) is 51.2 Å². The molecule has 1 aliphatic rings. The number of benzene rings is 1. The van der Waals surface area contributed by atoms with Gasteiger partial charge in [-0.25, -0.2) is 4.39 Å². The van der Waals surface area contributed by atoms with Crippen molar-refractivity contribution < 1.29 is 4.39 Å². The maximum absolute atomic E-state index is 13.4. The third-order valence-electron chi connectivity index (χ3n) is 4.48. The predicted octanol–water partition coefficient (Wildman–Crippen LogP) is 5.23. The zero-order valence-corrected chi connectivity index (χ0v) is 12.7. The van der Waals surface area contributed by atoms with Crippen LogP contribution >= 0.6 is 0 Å². The summed E-state index contributed by atoms with van der Waals surface area (Å²) in [7, 11) is 0. The SMILES string of the molecule is CCCNC(CCC1CCCCC1)c1cccc(F)c1. The number of rotatable bonds is 7. The smallest absolute Gasteiger partial charge is 0.123 e. The highest BCUT2D eigenvalue weighted by Crippen LogP contribution is 2.30. The molecule has 1 aliphatic carbocycles. The Bertz CT molecular complexity index is 385. The quantitative estimate of drug-likeness (QED) is 0.720. The maximum atomic E-state index is 13.4. The number of hydrogen-bond acceptors (Lipinski definition) is 1. The van der Waals surface area contributed by atoms with Gasteiger partial charge in [0.15, 0.2) is 0 Å². The van der Waals surface area contributed by atoms with Crippen LogP contribution in [0.5, 0.6) is 0 Å². The molecule has 1 N–H and O–H groups in total. The molecule has 1 nitrogen and oxygen atoms in total. The molecule has 2 rings (SSSR count). The van der Waals surface area contributed by atoms with Gasteiger partial charge in [-0.15, -0.1) is 0 Å². The minimum atomic E-state index is -0.122. The Balaban J connectivity index is 1.92. The molecule has 0 aliphatic heterocycles. The standard InChI is InChI=1S/C18H28FN/c1-2-13-20-18(16-9-6-10-17(19)14-16)12-11-15-7-4-3-5-8-15/h6,9-10,14-15,18,20H,2-5,7-8,11-13H2,1H3. The molecule has 112 valence electrons. The summed E-state index contributed by atoms with van der Waals surface area (Å²) < 4.78 is 13.4. The first-order valence-electron chi connectivity index (χ1n) is 8.28. The molecule has 1 unspecified atom stereocenters. The molecule has 0 bridgehead atoms. The molecular weight excluding hydrogens is 249 g/mol. The van der Waals surface area contributed by atoms with Crippen LogP contribution in [0.1, 0.15) is 69.9 Å². The first-order chi connectivity index (χ1) is 9.79. The van der Waals surface area contributed by atoms with E-state index in [0.29, 0.717) is 6.04 Å². The molecule has 0 aromatic heterocycles. The summed E-state index contributed by atoms with van der Waals surface area (Å²) >= 11 is 0. The van der Waals surface area contributed by atoms with Gasteiger partial charge in [0.2, 0.25) is 0 Å². The summed E-state index contributed by atoms with van der Waals surface area (Å²) in [6, 6.07) is 7.41. The molecule has 0 saturated heterocycles. The van der Waals surface area contributed by atoms with Gasteiger partial charge in [-0.05, 0) is 49.4 Å². The zero-order chi connectivity index (χ0) is 14.2. The van der Waals surface area contributed by atoms with E-state index in [1.54, 1.807) is 6.07 Å². The Labute approximate surface area is 123 Å². The molecule has 1 atom stereocenters. The average molecular weight is 277 g/mol. The van der Waals surface area contributed by atoms with Crippen molar-refractivity contribution in [2.75, 3.05) is 6.54 Å². The van der Waals surface area contributed by atoms with Gasteiger partial charge < -0.3 is 5.32 Å². The summed E-state index contributed by atoms with van der Waals surface area (Å²) in [5.74, 6) is 0.770. The minimum absolute atomic E-state index is 0.122. The van der Waals surface area contributed by atoms with Crippen LogP contribution < -0.4 is 5.32 Å². The third-order valence-corrected chi connectivity index (χ3v) is 4.48. The minimum Gasteiger partial charge on any atom is -0.310 e. The first-order valence-corrected chi connectivity index (χ1v) is 8.28. The van der Waals surface area contributed by atoms with Crippen LogP contribution in [0.25, 0.3) is 0 Å². The maximum Gasteiger partial charge on any atom is 0.123 e. The van der Waals surface area contributed by atoms with E-state index >= 15 is 0 Å². The fraction of sp³-hybridized carbons (Fsp3) is 0.667. The summed E-state index contributed by atoms with van der Waals surface area (Å²) in [5.41, 5.74) is 1.11. The molecule has 2 heteroatoms. The Hall–Kier alpha value is -0.890. The highest BCUT2D eigenvalue weighted by Gasteiger charge is 2.17. The van der Waals surface area contributed by atoms with Gasteiger partial charge in [0, 0.05) is 6.04 Å². The molecule has 0 spiro atoms. The van der Waals surface area contributed by atoms with E-state index in [2.05, 4.69) is 18.3 Å². The monoisotopic (exact) mass is 277 g/mol. The summed E-state index contributed by atoms with van der Waals surface area (Å²) in [6.07, 6.45) is 10.5. The van der Waals surface area contributed by atoms with Crippen LogP contribution in [0, 0.1) is 11.7 Å². The van der Waals surface area contributed by atoms with Crippen molar-refractivity contribution in [1.29, 1.82) is 0 Å². The van der Waals surface area contributed by atoms with Crippen molar-refractivity contribution in [2.45, 2.75) is 64.3 Å². The van der Waals surface area contributed by atoms with Crippen molar-refractivity contribution in [2.24, 2.45) is 5.92 Å². The van der Waals surface area contributed by atoms with Gasteiger partial charge in [0.05, 0.1) is 0 Å². The Morgan fingerprint density at radius 1 is 1.25 bits per heavy atom. The molecule has 1 aromatic rings. The van der Waals surface area contributed by atoms with E-state index in [1.165, 1.54) is 44.6 Å². The lowest BCUT2D eigenvalue weighted by Gasteiger charge is -2.25. The molecule has 1 saturated carbocycles. The Morgan fingerprint density at radius 3 is 2.75 bits per heavy atom. The van der Waals surface area contributed by atoms with Gasteiger partial charge >= 0.3 is 0 Å². The zero-order valence-electron chi connectivity index (χ0n) is 12.7. The Kier molecular flexibility index (Phi) is 6.52. The lowest BCUT2D eigenvalue weighted by Crippen LogP contribution is -2.23. The van der Waals surface area contributed by atoms with Crippen molar-refractivity contribution in [3.8, 4) is 0 Å². The van der Waals surface area contributed by atoms with Gasteiger partial charge in [0.25, 0.3) is 0 Å². The van der Waals surface area contributed by atoms with E-state index in [4.69, 9.17) is 0 Å². The van der Waals surface area contributed by atoms with Crippen LogP contribution in [0.2, 0.25) is 0 Å². The normalized spacial score (nSPS) is 18.1. The van der Waals surface area contributed by atoms with E-state index in [0.717, 1.165) is 30.9 Å². The molecule has 0 heterocycles. The summed E-state index contributed by atoms with van der Waals surface area (Å²) in [6.45, 7) is 3.18. The van der Waals surface area contributed by atoms with Crippen LogP contribution in [-0.4, -0.2) is 6.54 Å². The molecule has 1 aromatic carbocycles. The molecule has 0 radical (unpaired) electrons. The molecular formula is C18H28FN. The fourth-order valence-corrected chi connectivity index (χ4v) is 3.31. The second-order valence-electron chi connectivity index (χ2n) is 6.14. The van der Waals surface area contributed by atoms with Crippen LogP contribution in [0.3, 0.4) is 0 Å². The number of hydrogen-bond donors (Lipinski definition) is 1. The van der Waals surface area contributed by atoms with Crippen molar-refractivity contribution in [3.05, 3.63) is 35.6 Å². The molecule has 0 amide bonds. The van der Waals surface area contributed by atoms with Crippen molar-refractivity contribution in [1.82, 2.24) is 5.32 Å². The van der Waals surface area contributed by atoms with Crippen LogP contribution in [0.4, 0.5) is 4.39 Å². The highest BCUT2D eigenvalue weighted by atomic mass is 19.1. The Morgan fingerprint density at radius 2 is 2.05 bits per heavy atom. The summed E-state index contributed by atoms with van der Waals surface area (Å²) in [5, 5.41) is 3.59. The van der Waals surface area contributed by atoms with E-state index in [1.807, 2.05) is 6.07 Å². The average Bonchev–Trinajstić information content (AvgIpc) is 2.48. The second kappa shape index (κ2) is 8.41. The van der Waals surface area contributed by atoms with Crippen LogP contribution in [0.15, 0.2) is 24.3 Å². The largest absolute Gasteiger partial charge is 0.310 e. The first kappa shape index (κ1) is 15.5. The molecule has 20 heavy (non-hydrogen) atoms. The van der Waals surface area contributed by atoms with E-state index in [-0.39, 0.29) is 5.82 Å². The number of halogens is 1. The summed E-state index contributed by atoms with van der Waals surface area (Å²) in [4.78, 5) is 0. The van der Waals surface area contributed by atoms with Crippen LogP contribution in [-0.2, 0) is 0 Å². The van der Waals surface area contributed by atoms with Gasteiger partial charge in [0.1, 0.15) is 5.82 Å². The van der Waals surface area contributed by atoms with Crippen molar-refractivity contribution >= 4 is 0 Å². The number of nitrogens with one attached hydrogen (secondary N) is 1. The second-order valence-corrected chi connectivity index (χ2v) is 6.14. The topological polar surface area (TPSA) is 12.0 Å². The highest BCUT2D eigenvalue weighted by molar-refractivity contribution is 5.20. The lowest BCUT2D eigenvalue weighted by atomic mass is 9.84. The third kappa shape index (κ3) is 4.90. The van der Waals surface area contributed by atoms with Crippen molar-refractivity contribution in [3.63, 3.8) is 0 Å². The van der Waals surface area contributed by atoms with E-state index < -0.39 is 0 Å². The van der Waals surface area contributed by atoms with E-state index in [9.17, 15) is 4.39 Å². The van der Waals surface area contributed by atoms with Gasteiger partial charge in [-0.2, -0.15) is 0 Å². The predicted molar refractivity (Wildman–Crippen MR) is 83.2 cm³/mol. The lowest BCUT2D eigenvalue weighted by molar-refractivity contribution is 0.314. The van der Waals surface area contributed by atoms with Gasteiger partial charge in [-0.3, -0.25) is 0 Å². The fourth-order valence-electron chi connectivity index (χ4n) is 3.31. The molecule has 1 fully saturated rings.